The summed E-state index contributed by atoms with van der Waals surface area (Å²) in [6, 6.07) is 0. The molecule has 3 nitrogen and oxygen atoms in total. The number of rotatable bonds is 2. The van der Waals surface area contributed by atoms with Gasteiger partial charge in [-0.3, -0.25) is 0 Å². The zero-order chi connectivity index (χ0) is 12.2. The minimum absolute atomic E-state index is 0.361. The lowest BCUT2D eigenvalue weighted by molar-refractivity contribution is 0.0533. The summed E-state index contributed by atoms with van der Waals surface area (Å²) in [7, 11) is 0. The molecule has 0 saturated carbocycles. The molecular formula is C13H21NO2. The van der Waals surface area contributed by atoms with Crippen molar-refractivity contribution < 1.29 is 9.53 Å². The quantitative estimate of drug-likeness (QED) is 0.781. The van der Waals surface area contributed by atoms with Crippen molar-refractivity contribution in [2.75, 3.05) is 6.54 Å². The number of carbonyl (C=O) groups excluding carboxylic acids is 1. The van der Waals surface area contributed by atoms with E-state index in [0.29, 0.717) is 12.5 Å². The molecule has 0 bridgehead atoms. The summed E-state index contributed by atoms with van der Waals surface area (Å²) in [5, 5.41) is 2.74. The molecule has 1 atom stereocenters. The van der Waals surface area contributed by atoms with Crippen molar-refractivity contribution in [2.45, 2.75) is 39.7 Å². The van der Waals surface area contributed by atoms with Gasteiger partial charge in [-0.15, -0.1) is 0 Å². The molecule has 0 saturated heterocycles. The first kappa shape index (κ1) is 12.8. The topological polar surface area (TPSA) is 38.3 Å². The number of hydrogen-bond acceptors (Lipinski definition) is 2. The van der Waals surface area contributed by atoms with Crippen LogP contribution in [0.5, 0.6) is 0 Å². The fourth-order valence-electron chi connectivity index (χ4n) is 1.39. The molecule has 0 aromatic carbocycles. The summed E-state index contributed by atoms with van der Waals surface area (Å²) in [5.41, 5.74) is 0.707. The molecular weight excluding hydrogens is 202 g/mol. The van der Waals surface area contributed by atoms with E-state index >= 15 is 0 Å². The van der Waals surface area contributed by atoms with Gasteiger partial charge in [-0.2, -0.15) is 0 Å². The van der Waals surface area contributed by atoms with E-state index in [0.717, 1.165) is 12.0 Å². The maximum absolute atomic E-state index is 11.4. The van der Waals surface area contributed by atoms with Gasteiger partial charge in [-0.05, 0) is 38.7 Å². The summed E-state index contributed by atoms with van der Waals surface area (Å²) >= 11 is 0. The predicted octanol–water partition coefficient (Wildman–Crippen LogP) is 3.03. The molecule has 1 aliphatic rings. The van der Waals surface area contributed by atoms with Gasteiger partial charge >= 0.3 is 6.09 Å². The predicted molar refractivity (Wildman–Crippen MR) is 65.2 cm³/mol. The minimum Gasteiger partial charge on any atom is -0.444 e. The first-order valence-electron chi connectivity index (χ1n) is 5.71. The van der Waals surface area contributed by atoms with Gasteiger partial charge in [-0.25, -0.2) is 4.79 Å². The maximum atomic E-state index is 11.4. The zero-order valence-electron chi connectivity index (χ0n) is 10.5. The summed E-state index contributed by atoms with van der Waals surface area (Å²) < 4.78 is 5.15. The van der Waals surface area contributed by atoms with Gasteiger partial charge in [0.1, 0.15) is 5.60 Å². The summed E-state index contributed by atoms with van der Waals surface area (Å²) in [5.74, 6) is 0.602. The lowest BCUT2D eigenvalue weighted by Gasteiger charge is -2.20. The van der Waals surface area contributed by atoms with Crippen LogP contribution in [0.1, 0.15) is 34.1 Å². The molecule has 0 unspecified atom stereocenters. The van der Waals surface area contributed by atoms with Gasteiger partial charge in [0.25, 0.3) is 0 Å². The Kier molecular flexibility index (Phi) is 4.16. The van der Waals surface area contributed by atoms with Crippen molar-refractivity contribution >= 4 is 6.09 Å². The van der Waals surface area contributed by atoms with Gasteiger partial charge in [-0.1, -0.05) is 25.2 Å². The third-order valence-corrected chi connectivity index (χ3v) is 2.23. The van der Waals surface area contributed by atoms with Crippen molar-refractivity contribution in [3.63, 3.8) is 0 Å². The Morgan fingerprint density at radius 2 is 2.25 bits per heavy atom. The second kappa shape index (κ2) is 5.19. The third-order valence-electron chi connectivity index (χ3n) is 2.23. The number of alkyl carbamates (subject to hydrolysis) is 1. The second-order valence-corrected chi connectivity index (χ2v) is 5.21. The van der Waals surface area contributed by atoms with Gasteiger partial charge in [0.2, 0.25) is 0 Å². The molecule has 0 aromatic heterocycles. The highest BCUT2D eigenvalue weighted by atomic mass is 16.6. The summed E-state index contributed by atoms with van der Waals surface area (Å²) in [6.45, 7) is 8.28. The number of carbonyl (C=O) groups is 1. The Bertz CT molecular complexity index is 310. The van der Waals surface area contributed by atoms with Gasteiger partial charge < -0.3 is 10.1 Å². The van der Waals surface area contributed by atoms with Gasteiger partial charge in [0, 0.05) is 6.54 Å². The Labute approximate surface area is 97.6 Å². The first-order chi connectivity index (χ1) is 7.37. The van der Waals surface area contributed by atoms with Crippen LogP contribution in [0.3, 0.4) is 0 Å². The number of allylic oxidation sites excluding steroid dienone is 2. The Morgan fingerprint density at radius 3 is 2.75 bits per heavy atom. The lowest BCUT2D eigenvalue weighted by Crippen LogP contribution is -2.33. The van der Waals surface area contributed by atoms with E-state index in [1.165, 1.54) is 0 Å². The maximum Gasteiger partial charge on any atom is 0.407 e. The minimum atomic E-state index is -0.435. The molecule has 0 aliphatic heterocycles. The molecule has 1 rings (SSSR count). The van der Waals surface area contributed by atoms with Crippen molar-refractivity contribution in [2.24, 2.45) is 5.92 Å². The molecule has 0 radical (unpaired) electrons. The van der Waals surface area contributed by atoms with Crippen LogP contribution in [0.15, 0.2) is 23.8 Å². The molecule has 0 aromatic rings. The standard InChI is InChI=1S/C13H21NO2/c1-10-5-7-11(8-6-10)9-14-12(15)16-13(2,3)4/h5,7-8,10H,6,9H2,1-4H3,(H,14,15)/t10-/m0/s1. The summed E-state index contributed by atoms with van der Waals surface area (Å²) in [6.07, 6.45) is 7.06. The van der Waals surface area contributed by atoms with Crippen molar-refractivity contribution in [3.8, 4) is 0 Å². The lowest BCUT2D eigenvalue weighted by atomic mass is 9.99. The average molecular weight is 223 g/mol. The average Bonchev–Trinajstić information content (AvgIpc) is 2.14. The Hall–Kier alpha value is -1.25. The van der Waals surface area contributed by atoms with Gasteiger partial charge in [0.05, 0.1) is 0 Å². The van der Waals surface area contributed by atoms with E-state index in [4.69, 9.17) is 4.74 Å². The monoisotopic (exact) mass is 223 g/mol. The molecule has 0 fully saturated rings. The second-order valence-electron chi connectivity index (χ2n) is 5.21. The fraction of sp³-hybridized carbons (Fsp3) is 0.615. The highest BCUT2D eigenvalue weighted by Gasteiger charge is 2.15. The largest absolute Gasteiger partial charge is 0.444 e. The van der Waals surface area contributed by atoms with Crippen LogP contribution in [-0.4, -0.2) is 18.2 Å². The van der Waals surface area contributed by atoms with Crippen LogP contribution in [-0.2, 0) is 4.74 Å². The van der Waals surface area contributed by atoms with Crippen LogP contribution in [0.2, 0.25) is 0 Å². The Morgan fingerprint density at radius 1 is 1.56 bits per heavy atom. The molecule has 0 spiro atoms. The first-order valence-corrected chi connectivity index (χ1v) is 5.71. The van der Waals surface area contributed by atoms with E-state index in [1.54, 1.807) is 0 Å². The van der Waals surface area contributed by atoms with E-state index in [1.807, 2.05) is 20.8 Å². The molecule has 90 valence electrons. The smallest absolute Gasteiger partial charge is 0.407 e. The zero-order valence-corrected chi connectivity index (χ0v) is 10.5. The highest BCUT2D eigenvalue weighted by molar-refractivity contribution is 5.68. The number of hydrogen-bond donors (Lipinski definition) is 1. The molecule has 0 heterocycles. The van der Waals surface area contributed by atoms with Crippen molar-refractivity contribution in [3.05, 3.63) is 23.8 Å². The molecule has 1 aliphatic carbocycles. The van der Waals surface area contributed by atoms with E-state index < -0.39 is 5.60 Å². The SMILES string of the molecule is C[C@H]1C=CC(CNC(=O)OC(C)(C)C)=CC1. The number of ether oxygens (including phenoxy) is 1. The van der Waals surface area contributed by atoms with Crippen LogP contribution >= 0.6 is 0 Å². The molecule has 1 N–H and O–H groups in total. The van der Waals surface area contributed by atoms with E-state index in [2.05, 4.69) is 30.5 Å². The van der Waals surface area contributed by atoms with Crippen molar-refractivity contribution in [1.82, 2.24) is 5.32 Å². The van der Waals surface area contributed by atoms with E-state index in [9.17, 15) is 4.79 Å². The fourth-order valence-corrected chi connectivity index (χ4v) is 1.39. The Balaban J connectivity index is 2.30. The van der Waals surface area contributed by atoms with Crippen LogP contribution in [0, 0.1) is 5.92 Å². The number of nitrogens with one attached hydrogen (secondary N) is 1. The van der Waals surface area contributed by atoms with Gasteiger partial charge in [0.15, 0.2) is 0 Å². The van der Waals surface area contributed by atoms with Crippen LogP contribution < -0.4 is 5.32 Å². The molecule has 3 heteroatoms. The van der Waals surface area contributed by atoms with Crippen molar-refractivity contribution in [1.29, 1.82) is 0 Å². The normalized spacial score (nSPS) is 20.2. The third kappa shape index (κ3) is 5.01. The molecule has 16 heavy (non-hydrogen) atoms. The van der Waals surface area contributed by atoms with E-state index in [-0.39, 0.29) is 6.09 Å². The highest BCUT2D eigenvalue weighted by Crippen LogP contribution is 2.14. The van der Waals surface area contributed by atoms with Crippen LogP contribution in [0.4, 0.5) is 4.79 Å². The number of amides is 1. The van der Waals surface area contributed by atoms with Crippen LogP contribution in [0.25, 0.3) is 0 Å². The molecule has 1 amide bonds. The summed E-state index contributed by atoms with van der Waals surface area (Å²) in [4.78, 5) is 11.4.